The van der Waals surface area contributed by atoms with Crippen molar-refractivity contribution in [1.29, 1.82) is 0 Å². The molecule has 0 aliphatic carbocycles. The van der Waals surface area contributed by atoms with Crippen LogP contribution in [0.3, 0.4) is 0 Å². The summed E-state index contributed by atoms with van der Waals surface area (Å²) in [7, 11) is 1.59. The number of hydrogen-bond acceptors (Lipinski definition) is 4. The third-order valence-electron chi connectivity index (χ3n) is 3.58. The summed E-state index contributed by atoms with van der Waals surface area (Å²) < 4.78 is 11.4. The van der Waals surface area contributed by atoms with Gasteiger partial charge in [0, 0.05) is 5.69 Å². The number of carbonyl (C=O) groups is 1. The van der Waals surface area contributed by atoms with Crippen molar-refractivity contribution in [3.63, 3.8) is 0 Å². The van der Waals surface area contributed by atoms with E-state index in [0.29, 0.717) is 17.4 Å². The molecule has 0 aromatic heterocycles. The Kier molecular flexibility index (Phi) is 7.41. The number of rotatable bonds is 6. The lowest BCUT2D eigenvalue weighted by atomic mass is 10.0. The monoisotopic (exact) mass is 436 g/mol. The fourth-order valence-corrected chi connectivity index (χ4v) is 2.94. The van der Waals surface area contributed by atoms with Gasteiger partial charge in [0.05, 0.1) is 11.6 Å². The standard InChI is InChI=1S/C19H21BrN2O3S/c1-12(2)13-4-7-15(8-5-13)25-11-18(23)22-19(26)21-14-6-9-17(24-3)16(20)10-14/h4-10,12H,11H2,1-3H3,(H2,21,22,23,26). The Labute approximate surface area is 167 Å². The zero-order valence-electron chi connectivity index (χ0n) is 14.8. The molecular formula is C19H21BrN2O3S. The third-order valence-corrected chi connectivity index (χ3v) is 4.40. The number of methoxy groups -OCH3 is 1. The molecule has 0 bridgehead atoms. The minimum absolute atomic E-state index is 0.116. The molecule has 0 atom stereocenters. The van der Waals surface area contributed by atoms with Gasteiger partial charge >= 0.3 is 0 Å². The van der Waals surface area contributed by atoms with Crippen molar-refractivity contribution in [2.75, 3.05) is 19.0 Å². The number of halogens is 1. The normalized spacial score (nSPS) is 10.3. The lowest BCUT2D eigenvalue weighted by Crippen LogP contribution is -2.37. The maximum atomic E-state index is 12.0. The van der Waals surface area contributed by atoms with Crippen molar-refractivity contribution < 1.29 is 14.3 Å². The second kappa shape index (κ2) is 9.54. The van der Waals surface area contributed by atoms with E-state index in [4.69, 9.17) is 21.7 Å². The molecule has 0 fully saturated rings. The van der Waals surface area contributed by atoms with Gasteiger partial charge in [-0.05, 0) is 70.0 Å². The molecule has 0 unspecified atom stereocenters. The first-order valence-corrected chi connectivity index (χ1v) is 9.26. The van der Waals surface area contributed by atoms with E-state index >= 15 is 0 Å². The Morgan fingerprint density at radius 3 is 2.46 bits per heavy atom. The highest BCUT2D eigenvalue weighted by Crippen LogP contribution is 2.27. The van der Waals surface area contributed by atoms with Gasteiger partial charge in [0.25, 0.3) is 5.91 Å². The van der Waals surface area contributed by atoms with E-state index in [9.17, 15) is 4.79 Å². The first-order valence-electron chi connectivity index (χ1n) is 8.06. The van der Waals surface area contributed by atoms with E-state index in [-0.39, 0.29) is 17.6 Å². The lowest BCUT2D eigenvalue weighted by molar-refractivity contribution is -0.121. The summed E-state index contributed by atoms with van der Waals surface area (Å²) >= 11 is 8.55. The van der Waals surface area contributed by atoms with Crippen LogP contribution in [-0.4, -0.2) is 24.7 Å². The van der Waals surface area contributed by atoms with Crippen molar-refractivity contribution >= 4 is 44.9 Å². The van der Waals surface area contributed by atoms with Gasteiger partial charge < -0.3 is 14.8 Å². The van der Waals surface area contributed by atoms with Gasteiger partial charge in [-0.15, -0.1) is 0 Å². The van der Waals surface area contributed by atoms with Crippen LogP contribution in [0.5, 0.6) is 11.5 Å². The van der Waals surface area contributed by atoms with Gasteiger partial charge in [0.15, 0.2) is 11.7 Å². The van der Waals surface area contributed by atoms with Gasteiger partial charge in [-0.1, -0.05) is 26.0 Å². The van der Waals surface area contributed by atoms with Crippen LogP contribution in [-0.2, 0) is 4.79 Å². The van der Waals surface area contributed by atoms with E-state index in [1.54, 1.807) is 19.2 Å². The van der Waals surface area contributed by atoms with Gasteiger partial charge in [0.1, 0.15) is 11.5 Å². The average molecular weight is 437 g/mol. The molecule has 0 radical (unpaired) electrons. The van der Waals surface area contributed by atoms with Crippen LogP contribution in [0.15, 0.2) is 46.9 Å². The van der Waals surface area contributed by atoms with Crippen molar-refractivity contribution in [2.45, 2.75) is 19.8 Å². The maximum absolute atomic E-state index is 12.0. The number of nitrogens with one attached hydrogen (secondary N) is 2. The molecule has 26 heavy (non-hydrogen) atoms. The molecule has 0 aliphatic heterocycles. The van der Waals surface area contributed by atoms with Crippen molar-refractivity contribution in [3.8, 4) is 11.5 Å². The molecule has 7 heteroatoms. The van der Waals surface area contributed by atoms with Gasteiger partial charge in [-0.2, -0.15) is 0 Å². The second-order valence-electron chi connectivity index (χ2n) is 5.86. The number of benzene rings is 2. The quantitative estimate of drug-likeness (QED) is 0.653. The predicted octanol–water partition coefficient (Wildman–Crippen LogP) is 4.47. The molecule has 1 amide bonds. The predicted molar refractivity (Wildman–Crippen MR) is 111 cm³/mol. The Hall–Kier alpha value is -2.12. The molecule has 0 saturated carbocycles. The van der Waals surface area contributed by atoms with Crippen LogP contribution in [0.1, 0.15) is 25.3 Å². The number of anilines is 1. The lowest BCUT2D eigenvalue weighted by Gasteiger charge is -2.12. The smallest absolute Gasteiger partial charge is 0.264 e. The average Bonchev–Trinajstić information content (AvgIpc) is 2.60. The zero-order valence-corrected chi connectivity index (χ0v) is 17.2. The van der Waals surface area contributed by atoms with Gasteiger partial charge in [-0.25, -0.2) is 0 Å². The topological polar surface area (TPSA) is 59.6 Å². The maximum Gasteiger partial charge on any atom is 0.264 e. The summed E-state index contributed by atoms with van der Waals surface area (Å²) in [5, 5.41) is 5.73. The third kappa shape index (κ3) is 6.00. The van der Waals surface area contributed by atoms with Crippen molar-refractivity contribution in [3.05, 3.63) is 52.5 Å². The Balaban J connectivity index is 1.81. The molecule has 0 spiro atoms. The number of hydrogen-bond donors (Lipinski definition) is 2. The molecule has 138 valence electrons. The van der Waals surface area contributed by atoms with Crippen LogP contribution in [0, 0.1) is 0 Å². The number of carbonyl (C=O) groups excluding carboxylic acids is 1. The number of thiocarbonyl (C=S) groups is 1. The summed E-state index contributed by atoms with van der Waals surface area (Å²) in [5.74, 6) is 1.47. The SMILES string of the molecule is COc1ccc(NC(=S)NC(=O)COc2ccc(C(C)C)cc2)cc1Br. The van der Waals surface area contributed by atoms with E-state index in [0.717, 1.165) is 10.2 Å². The summed E-state index contributed by atoms with van der Waals surface area (Å²) in [6, 6.07) is 13.1. The highest BCUT2D eigenvalue weighted by molar-refractivity contribution is 9.10. The fourth-order valence-electron chi connectivity index (χ4n) is 2.17. The molecule has 5 nitrogen and oxygen atoms in total. The molecule has 0 aliphatic rings. The highest BCUT2D eigenvalue weighted by atomic mass is 79.9. The molecular weight excluding hydrogens is 416 g/mol. The molecule has 0 heterocycles. The highest BCUT2D eigenvalue weighted by Gasteiger charge is 2.08. The van der Waals surface area contributed by atoms with E-state index < -0.39 is 0 Å². The van der Waals surface area contributed by atoms with Crippen LogP contribution in [0.2, 0.25) is 0 Å². The summed E-state index contributed by atoms with van der Waals surface area (Å²) in [5.41, 5.74) is 1.95. The van der Waals surface area contributed by atoms with Crippen LogP contribution >= 0.6 is 28.1 Å². The summed E-state index contributed by atoms with van der Waals surface area (Å²) in [6.45, 7) is 4.13. The van der Waals surface area contributed by atoms with Crippen molar-refractivity contribution in [1.82, 2.24) is 5.32 Å². The van der Waals surface area contributed by atoms with Crippen LogP contribution in [0.25, 0.3) is 0 Å². The minimum Gasteiger partial charge on any atom is -0.496 e. The zero-order chi connectivity index (χ0) is 19.1. The minimum atomic E-state index is -0.331. The first kappa shape index (κ1) is 20.2. The molecule has 2 aromatic rings. The van der Waals surface area contributed by atoms with Gasteiger partial charge in [-0.3, -0.25) is 10.1 Å². The van der Waals surface area contributed by atoms with Crippen LogP contribution < -0.4 is 20.1 Å². The number of amides is 1. The largest absolute Gasteiger partial charge is 0.496 e. The van der Waals surface area contributed by atoms with Crippen LogP contribution in [0.4, 0.5) is 5.69 Å². The first-order chi connectivity index (χ1) is 12.4. The van der Waals surface area contributed by atoms with Crippen molar-refractivity contribution in [2.24, 2.45) is 0 Å². The molecule has 2 N–H and O–H groups in total. The second-order valence-corrected chi connectivity index (χ2v) is 7.13. The fraction of sp³-hybridized carbons (Fsp3) is 0.263. The Bertz CT molecular complexity index is 779. The van der Waals surface area contributed by atoms with E-state index in [2.05, 4.69) is 40.4 Å². The summed E-state index contributed by atoms with van der Waals surface area (Å²) in [4.78, 5) is 12.0. The number of ether oxygens (including phenoxy) is 2. The van der Waals surface area contributed by atoms with Gasteiger partial charge in [0.2, 0.25) is 0 Å². The Morgan fingerprint density at radius 2 is 1.88 bits per heavy atom. The molecule has 2 rings (SSSR count). The molecule has 0 saturated heterocycles. The molecule has 2 aromatic carbocycles. The Morgan fingerprint density at radius 1 is 1.19 bits per heavy atom. The summed E-state index contributed by atoms with van der Waals surface area (Å²) in [6.07, 6.45) is 0. The van der Waals surface area contributed by atoms with E-state index in [1.165, 1.54) is 5.56 Å². The van der Waals surface area contributed by atoms with E-state index in [1.807, 2.05) is 30.3 Å².